The molecule has 1 saturated heterocycles. The average Bonchev–Trinajstić information content (AvgIpc) is 3.22. The van der Waals surface area contributed by atoms with Gasteiger partial charge in [-0.05, 0) is 49.6 Å². The molecule has 1 aliphatic rings. The first kappa shape index (κ1) is 19.4. The second-order valence-corrected chi connectivity index (χ2v) is 8.32. The number of nitrogens with zero attached hydrogens (tertiary/aromatic N) is 2. The van der Waals surface area contributed by atoms with Gasteiger partial charge in [0, 0.05) is 31.9 Å². The minimum atomic E-state index is -3.53. The van der Waals surface area contributed by atoms with E-state index in [0.29, 0.717) is 38.4 Å². The molecular formula is C19H24N2O5S. The van der Waals surface area contributed by atoms with Gasteiger partial charge in [-0.3, -0.25) is 4.79 Å². The van der Waals surface area contributed by atoms with Crippen LogP contribution in [0.5, 0.6) is 11.5 Å². The number of hydrogen-bond donors (Lipinski definition) is 0. The quantitative estimate of drug-likeness (QED) is 0.643. The van der Waals surface area contributed by atoms with Gasteiger partial charge in [-0.15, -0.1) is 0 Å². The van der Waals surface area contributed by atoms with Gasteiger partial charge in [-0.2, -0.15) is 4.31 Å². The van der Waals surface area contributed by atoms with Gasteiger partial charge in [0.2, 0.25) is 10.0 Å². The highest BCUT2D eigenvalue weighted by Crippen LogP contribution is 2.20. The van der Waals surface area contributed by atoms with E-state index in [1.807, 2.05) is 24.3 Å². The zero-order valence-corrected chi connectivity index (χ0v) is 16.2. The Morgan fingerprint density at radius 1 is 1.00 bits per heavy atom. The lowest BCUT2D eigenvalue weighted by molar-refractivity contribution is 0.300. The Kier molecular flexibility index (Phi) is 6.18. The first-order chi connectivity index (χ1) is 13.0. The fourth-order valence-corrected chi connectivity index (χ4v) is 4.55. The molecule has 0 amide bonds. The summed E-state index contributed by atoms with van der Waals surface area (Å²) in [6, 6.07) is 9.95. The topological polar surface area (TPSA) is 77.8 Å². The van der Waals surface area contributed by atoms with Gasteiger partial charge < -0.3 is 14.0 Å². The summed E-state index contributed by atoms with van der Waals surface area (Å²) in [5, 5.41) is 0. The Morgan fingerprint density at radius 3 is 2.33 bits per heavy atom. The smallest absolute Gasteiger partial charge is 0.250 e. The molecule has 0 radical (unpaired) electrons. The van der Waals surface area contributed by atoms with Crippen molar-refractivity contribution in [2.24, 2.45) is 0 Å². The largest absolute Gasteiger partial charge is 0.497 e. The molecule has 2 heterocycles. The molecule has 0 spiro atoms. The highest BCUT2D eigenvalue weighted by atomic mass is 32.2. The molecule has 0 unspecified atom stereocenters. The predicted octanol–water partition coefficient (Wildman–Crippen LogP) is 2.11. The van der Waals surface area contributed by atoms with Crippen molar-refractivity contribution >= 4 is 10.0 Å². The number of aryl methyl sites for hydroxylation is 1. The van der Waals surface area contributed by atoms with Crippen molar-refractivity contribution in [3.63, 3.8) is 0 Å². The second kappa shape index (κ2) is 8.58. The molecule has 1 fully saturated rings. The normalized spacial score (nSPS) is 15.0. The molecule has 8 heteroatoms. The Morgan fingerprint density at radius 2 is 1.67 bits per heavy atom. The van der Waals surface area contributed by atoms with E-state index in [4.69, 9.17) is 9.47 Å². The molecule has 0 saturated carbocycles. The summed E-state index contributed by atoms with van der Waals surface area (Å²) in [5.74, 6) is 1.47. The van der Waals surface area contributed by atoms with Crippen LogP contribution in [0.15, 0.2) is 52.3 Å². The predicted molar refractivity (Wildman–Crippen MR) is 102 cm³/mol. The van der Waals surface area contributed by atoms with Gasteiger partial charge in [0.05, 0.1) is 18.6 Å². The molecule has 3 rings (SSSR count). The standard InChI is InChI=1S/C19H24N2O5S/c1-25-16-5-7-17(8-6-16)26-14-4-11-20-15-18(9-10-19(20)22)27(23,24)21-12-2-3-13-21/h5-10,15H,2-4,11-14H2,1H3. The van der Waals surface area contributed by atoms with Gasteiger partial charge in [0.1, 0.15) is 11.5 Å². The molecule has 7 nitrogen and oxygen atoms in total. The van der Waals surface area contributed by atoms with Crippen molar-refractivity contribution < 1.29 is 17.9 Å². The van der Waals surface area contributed by atoms with Crippen LogP contribution in [0.1, 0.15) is 19.3 Å². The van der Waals surface area contributed by atoms with Crippen molar-refractivity contribution in [3.8, 4) is 11.5 Å². The van der Waals surface area contributed by atoms with Gasteiger partial charge in [-0.1, -0.05) is 0 Å². The number of aromatic nitrogens is 1. The molecule has 1 aliphatic heterocycles. The van der Waals surface area contributed by atoms with E-state index < -0.39 is 10.0 Å². The van der Waals surface area contributed by atoms with E-state index in [-0.39, 0.29) is 10.5 Å². The van der Waals surface area contributed by atoms with E-state index in [2.05, 4.69) is 0 Å². The van der Waals surface area contributed by atoms with Crippen LogP contribution in [0.2, 0.25) is 0 Å². The van der Waals surface area contributed by atoms with Gasteiger partial charge >= 0.3 is 0 Å². The Hall–Kier alpha value is -2.32. The lowest BCUT2D eigenvalue weighted by Crippen LogP contribution is -2.29. The van der Waals surface area contributed by atoms with Crippen LogP contribution in [0.4, 0.5) is 0 Å². The lowest BCUT2D eigenvalue weighted by Gasteiger charge is -2.16. The van der Waals surface area contributed by atoms with Crippen LogP contribution >= 0.6 is 0 Å². The first-order valence-corrected chi connectivity index (χ1v) is 10.4. The molecule has 1 aromatic heterocycles. The number of hydrogen-bond acceptors (Lipinski definition) is 5. The maximum atomic E-state index is 12.6. The monoisotopic (exact) mass is 392 g/mol. The Balaban J connectivity index is 1.60. The summed E-state index contributed by atoms with van der Waals surface area (Å²) < 4.78 is 38.9. The minimum Gasteiger partial charge on any atom is -0.497 e. The zero-order valence-electron chi connectivity index (χ0n) is 15.3. The van der Waals surface area contributed by atoms with Crippen LogP contribution in [-0.2, 0) is 16.6 Å². The molecule has 0 aliphatic carbocycles. The lowest BCUT2D eigenvalue weighted by atomic mass is 10.3. The van der Waals surface area contributed by atoms with Crippen LogP contribution in [0.3, 0.4) is 0 Å². The SMILES string of the molecule is COc1ccc(OCCCn2cc(S(=O)(=O)N3CCCC3)ccc2=O)cc1. The number of pyridine rings is 1. The van der Waals surface area contributed by atoms with E-state index in [1.54, 1.807) is 7.11 Å². The summed E-state index contributed by atoms with van der Waals surface area (Å²) in [6.45, 7) is 1.88. The molecule has 0 N–H and O–H groups in total. The zero-order chi connectivity index (χ0) is 19.3. The minimum absolute atomic E-state index is 0.167. The van der Waals surface area contributed by atoms with Crippen molar-refractivity contribution in [2.45, 2.75) is 30.7 Å². The number of methoxy groups -OCH3 is 1. The van der Waals surface area contributed by atoms with Crippen LogP contribution in [0.25, 0.3) is 0 Å². The van der Waals surface area contributed by atoms with E-state index in [1.165, 1.54) is 27.2 Å². The van der Waals surface area contributed by atoms with Crippen LogP contribution in [0, 0.1) is 0 Å². The number of rotatable bonds is 8. The van der Waals surface area contributed by atoms with Gasteiger partial charge in [0.15, 0.2) is 0 Å². The Bertz CT molecular complexity index is 916. The summed E-state index contributed by atoms with van der Waals surface area (Å²) in [7, 11) is -1.92. The highest BCUT2D eigenvalue weighted by molar-refractivity contribution is 7.89. The van der Waals surface area contributed by atoms with Gasteiger partial charge in [-0.25, -0.2) is 8.42 Å². The Labute approximate surface area is 159 Å². The maximum Gasteiger partial charge on any atom is 0.250 e. The molecular weight excluding hydrogens is 368 g/mol. The fourth-order valence-electron chi connectivity index (χ4n) is 3.01. The molecule has 0 bridgehead atoms. The van der Waals surface area contributed by atoms with Crippen LogP contribution in [-0.4, -0.2) is 44.1 Å². The molecule has 1 aromatic carbocycles. The number of sulfonamides is 1. The van der Waals surface area contributed by atoms with Crippen molar-refractivity contribution in [1.29, 1.82) is 0 Å². The summed E-state index contributed by atoms with van der Waals surface area (Å²) in [4.78, 5) is 12.2. The van der Waals surface area contributed by atoms with E-state index in [0.717, 1.165) is 18.6 Å². The second-order valence-electron chi connectivity index (χ2n) is 6.39. The fraction of sp³-hybridized carbons (Fsp3) is 0.421. The van der Waals surface area contributed by atoms with E-state index >= 15 is 0 Å². The third kappa shape index (κ3) is 4.70. The van der Waals surface area contributed by atoms with Crippen LogP contribution < -0.4 is 15.0 Å². The third-order valence-electron chi connectivity index (χ3n) is 4.53. The average molecular weight is 392 g/mol. The number of benzene rings is 1. The molecule has 27 heavy (non-hydrogen) atoms. The van der Waals surface area contributed by atoms with Crippen molar-refractivity contribution in [1.82, 2.24) is 8.87 Å². The van der Waals surface area contributed by atoms with E-state index in [9.17, 15) is 13.2 Å². The van der Waals surface area contributed by atoms with Crippen molar-refractivity contribution in [3.05, 3.63) is 52.9 Å². The molecule has 2 aromatic rings. The summed E-state index contributed by atoms with van der Waals surface area (Å²) in [5.41, 5.74) is -0.222. The number of ether oxygens (including phenoxy) is 2. The molecule has 146 valence electrons. The summed E-state index contributed by atoms with van der Waals surface area (Å²) in [6.07, 6.45) is 3.77. The highest BCUT2D eigenvalue weighted by Gasteiger charge is 2.27. The third-order valence-corrected chi connectivity index (χ3v) is 6.41. The van der Waals surface area contributed by atoms with Crippen molar-refractivity contribution in [2.75, 3.05) is 26.8 Å². The maximum absolute atomic E-state index is 12.6. The summed E-state index contributed by atoms with van der Waals surface area (Å²) >= 11 is 0. The van der Waals surface area contributed by atoms with Gasteiger partial charge in [0.25, 0.3) is 5.56 Å². The molecule has 0 atom stereocenters. The first-order valence-electron chi connectivity index (χ1n) is 8.98.